The Hall–Kier alpha value is -5.12. The molecule has 0 atom stereocenters. The normalized spacial score (nSPS) is 9.51. The van der Waals surface area contributed by atoms with E-state index in [1.807, 2.05) is 26.0 Å². The van der Waals surface area contributed by atoms with Crippen LogP contribution in [0.2, 0.25) is 5.15 Å². The van der Waals surface area contributed by atoms with E-state index in [9.17, 15) is 3.89 Å². The lowest BCUT2D eigenvalue weighted by molar-refractivity contribution is -0.107. The van der Waals surface area contributed by atoms with Crippen molar-refractivity contribution < 1.29 is 14.1 Å². The van der Waals surface area contributed by atoms with Gasteiger partial charge in [0, 0.05) is 18.4 Å². The molecule has 2 radical (unpaired) electrons. The highest BCUT2D eigenvalue weighted by Crippen LogP contribution is 2.19. The average molecular weight is 739 g/mol. The van der Waals surface area contributed by atoms with E-state index in [-0.39, 0.29) is 40.2 Å². The summed E-state index contributed by atoms with van der Waals surface area (Å²) in [4.78, 5) is 22.9. The monoisotopic (exact) mass is 738 g/mol. The van der Waals surface area contributed by atoms with Gasteiger partial charge in [-0.3, -0.25) is 0 Å². The van der Waals surface area contributed by atoms with Crippen molar-refractivity contribution in [2.45, 2.75) is 72.5 Å². The van der Waals surface area contributed by atoms with Gasteiger partial charge in [-0.05, 0) is 51.7 Å². The molecule has 3 aromatic heterocycles. The molecule has 0 fully saturated rings. The molecule has 0 amide bonds. The summed E-state index contributed by atoms with van der Waals surface area (Å²) in [6.07, 6.45) is 6.85. The van der Waals surface area contributed by atoms with E-state index in [4.69, 9.17) is 62.6 Å². The number of anilines is 3. The smallest absolute Gasteiger partial charge is 0.178 e. The second-order valence-corrected chi connectivity index (χ2v) is 11.5. The molecular formula is C33H45BClFN12O2S. The van der Waals surface area contributed by atoms with E-state index < -0.39 is 11.2 Å². The van der Waals surface area contributed by atoms with Crippen LogP contribution in [-0.4, -0.2) is 65.4 Å². The van der Waals surface area contributed by atoms with Crippen LogP contribution in [0.4, 0.5) is 21.3 Å². The zero-order valence-electron chi connectivity index (χ0n) is 30.2. The molecule has 0 spiro atoms. The number of nitriles is 3. The minimum Gasteiger partial charge on any atom is -0.387 e. The van der Waals surface area contributed by atoms with Gasteiger partial charge in [0.1, 0.15) is 54.9 Å². The number of halogens is 2. The SMILES string of the molecule is C=C(CC)c1nc(N)cnc1C#N.C=C(CC)c1nc(N)cnc1C#N.CC(C)(O)C(C)(C)O.CSF.N#Cc1ncc(N)nc1Cl.[B]C(=C)C. The molecule has 0 saturated heterocycles. The van der Waals surface area contributed by atoms with E-state index >= 15 is 0 Å². The van der Waals surface area contributed by atoms with E-state index in [2.05, 4.69) is 49.6 Å². The predicted octanol–water partition coefficient (Wildman–Crippen LogP) is 5.74. The standard InChI is InChI=1S/2C9H10N4.C6H14O2.C5H3ClN4.C3H5B.CH3FS/c2*1-3-6(2)9-7(4-10)12-5-8(11)13-9;1-5(2,7)6(3,4)8;6-5-3(1-7)9-2-4(8)10-5;1-3(2)4;1-3-2/h2*5H,2-3H2,1H3,(H2,11,13);7-8H,1-4H3;2H,(H2,8,10);1H2,2H3;1H3. The molecule has 14 nitrogen and oxygen atoms in total. The fourth-order valence-corrected chi connectivity index (χ4v) is 2.44. The number of aromatic nitrogens is 6. The summed E-state index contributed by atoms with van der Waals surface area (Å²) >= 11 is 5.70. The van der Waals surface area contributed by atoms with Gasteiger partial charge in [0.2, 0.25) is 0 Å². The fourth-order valence-electron chi connectivity index (χ4n) is 2.25. The second kappa shape index (κ2) is 25.8. The number of nitrogen functional groups attached to an aromatic ring is 3. The van der Waals surface area contributed by atoms with Crippen LogP contribution in [0.15, 0.2) is 43.8 Å². The summed E-state index contributed by atoms with van der Waals surface area (Å²) in [5.41, 5.74) is 18.0. The third kappa shape index (κ3) is 22.3. The van der Waals surface area contributed by atoms with Crippen molar-refractivity contribution in [3.05, 3.63) is 77.4 Å². The molecule has 0 unspecified atom stereocenters. The largest absolute Gasteiger partial charge is 0.387 e. The lowest BCUT2D eigenvalue weighted by Gasteiger charge is -2.31. The Labute approximate surface area is 310 Å². The minimum absolute atomic E-state index is 0.0440. The van der Waals surface area contributed by atoms with Crippen LogP contribution in [0.1, 0.15) is 89.8 Å². The van der Waals surface area contributed by atoms with Gasteiger partial charge >= 0.3 is 0 Å². The number of allylic oxidation sites excluding steroid dienone is 3. The first kappa shape index (κ1) is 50.3. The third-order valence-corrected chi connectivity index (χ3v) is 5.93. The maximum absolute atomic E-state index is 10.2. The molecule has 0 aliphatic rings. The second-order valence-electron chi connectivity index (χ2n) is 10.8. The van der Waals surface area contributed by atoms with Crippen LogP contribution >= 0.6 is 23.7 Å². The maximum atomic E-state index is 10.2. The zero-order valence-corrected chi connectivity index (χ0v) is 31.7. The van der Waals surface area contributed by atoms with Crippen LogP contribution < -0.4 is 17.2 Å². The molecule has 3 heterocycles. The first-order valence-electron chi connectivity index (χ1n) is 14.6. The molecule has 3 aromatic rings. The summed E-state index contributed by atoms with van der Waals surface area (Å²) in [7, 11) is 4.92. The lowest BCUT2D eigenvalue weighted by atomic mass is 9.90. The van der Waals surface area contributed by atoms with Crippen LogP contribution in [0.25, 0.3) is 11.1 Å². The molecule has 272 valence electrons. The van der Waals surface area contributed by atoms with Crippen molar-refractivity contribution in [1.82, 2.24) is 29.9 Å². The molecule has 3 rings (SSSR count). The molecule has 0 bridgehead atoms. The number of nitrogens with two attached hydrogens (primary N) is 3. The Morgan fingerprint density at radius 2 is 1.04 bits per heavy atom. The van der Waals surface area contributed by atoms with Gasteiger partial charge < -0.3 is 27.4 Å². The quantitative estimate of drug-likeness (QED) is 0.195. The van der Waals surface area contributed by atoms with E-state index in [0.717, 1.165) is 24.0 Å². The fraction of sp³-hybridized carbons (Fsp3) is 0.364. The van der Waals surface area contributed by atoms with Crippen LogP contribution in [0.5, 0.6) is 0 Å². The molecule has 0 saturated carbocycles. The Balaban J connectivity index is -0.000000574. The van der Waals surface area contributed by atoms with Crippen molar-refractivity contribution in [1.29, 1.82) is 15.8 Å². The predicted molar refractivity (Wildman–Crippen MR) is 205 cm³/mol. The van der Waals surface area contributed by atoms with E-state index in [1.54, 1.807) is 40.7 Å². The van der Waals surface area contributed by atoms with E-state index in [0.29, 0.717) is 28.5 Å². The van der Waals surface area contributed by atoms with Crippen molar-refractivity contribution >= 4 is 60.2 Å². The Bertz CT molecular complexity index is 1620. The Morgan fingerprint density at radius 3 is 1.25 bits per heavy atom. The number of hydrogen-bond acceptors (Lipinski definition) is 15. The van der Waals surface area contributed by atoms with Gasteiger partial charge in [-0.2, -0.15) is 19.7 Å². The maximum Gasteiger partial charge on any atom is 0.178 e. The van der Waals surface area contributed by atoms with Crippen molar-refractivity contribution in [2.75, 3.05) is 23.5 Å². The van der Waals surface area contributed by atoms with Crippen molar-refractivity contribution in [3.63, 3.8) is 0 Å². The molecule has 0 aliphatic carbocycles. The zero-order chi connectivity index (χ0) is 40.5. The van der Waals surface area contributed by atoms with Gasteiger partial charge in [0.25, 0.3) is 0 Å². The third-order valence-electron chi connectivity index (χ3n) is 5.67. The van der Waals surface area contributed by atoms with Gasteiger partial charge in [-0.15, -0.1) is 12.1 Å². The van der Waals surface area contributed by atoms with E-state index in [1.165, 1.54) is 24.8 Å². The Kier molecular flexibility index (Phi) is 25.4. The van der Waals surface area contributed by atoms with Crippen molar-refractivity contribution in [2.24, 2.45) is 0 Å². The highest BCUT2D eigenvalue weighted by atomic mass is 35.5. The summed E-state index contributed by atoms with van der Waals surface area (Å²) in [5.74, 6) is 0.830. The van der Waals surface area contributed by atoms with Crippen molar-refractivity contribution in [3.8, 4) is 18.2 Å². The minimum atomic E-state index is -1.01. The van der Waals surface area contributed by atoms with Crippen LogP contribution in [-0.2, 0) is 0 Å². The summed E-state index contributed by atoms with van der Waals surface area (Å²) in [5, 5.41) is 44.0. The topological polar surface area (TPSA) is 267 Å². The molecular weight excluding hydrogens is 694 g/mol. The highest BCUT2D eigenvalue weighted by molar-refractivity contribution is 7.93. The van der Waals surface area contributed by atoms with Gasteiger partial charge in [0.15, 0.2) is 22.2 Å². The average Bonchev–Trinajstić information content (AvgIpc) is 3.04. The summed E-state index contributed by atoms with van der Waals surface area (Å²) < 4.78 is 10.2. The first-order valence-corrected chi connectivity index (χ1v) is 16.1. The number of rotatable bonds is 5. The lowest BCUT2D eigenvalue weighted by Crippen LogP contribution is -2.44. The molecule has 51 heavy (non-hydrogen) atoms. The molecule has 18 heteroatoms. The molecule has 0 aliphatic heterocycles. The number of hydrogen-bond donors (Lipinski definition) is 5. The Morgan fingerprint density at radius 1 is 0.784 bits per heavy atom. The highest BCUT2D eigenvalue weighted by Gasteiger charge is 2.32. The van der Waals surface area contributed by atoms with Crippen LogP contribution in [0, 0.1) is 34.0 Å². The van der Waals surface area contributed by atoms with Crippen LogP contribution in [0.3, 0.4) is 0 Å². The summed E-state index contributed by atoms with van der Waals surface area (Å²) in [6, 6.07) is 5.66. The summed E-state index contributed by atoms with van der Waals surface area (Å²) in [6.45, 7) is 22.8. The number of nitrogens with zero attached hydrogens (tertiary/aromatic N) is 9. The van der Waals surface area contributed by atoms with Gasteiger partial charge in [0.05, 0.1) is 29.8 Å². The first-order chi connectivity index (χ1) is 23.5. The number of aliphatic hydroxyl groups is 2. The molecule has 0 aromatic carbocycles. The molecule has 8 N–H and O–H groups in total. The van der Waals surface area contributed by atoms with Gasteiger partial charge in [-0.1, -0.05) is 45.5 Å². The van der Waals surface area contributed by atoms with Gasteiger partial charge in [-0.25, -0.2) is 29.9 Å².